The number of benzene rings is 1. The first-order valence-corrected chi connectivity index (χ1v) is 6.26. The van der Waals surface area contributed by atoms with Crippen molar-refractivity contribution in [1.82, 2.24) is 0 Å². The molecule has 0 aliphatic rings. The summed E-state index contributed by atoms with van der Waals surface area (Å²) in [5, 5.41) is 10.6. The Morgan fingerprint density at radius 3 is 2.18 bits per heavy atom. The Bertz CT molecular complexity index is 367. The molecule has 1 atom stereocenters. The van der Waals surface area contributed by atoms with E-state index in [4.69, 9.17) is 0 Å². The lowest BCUT2D eigenvalue weighted by molar-refractivity contribution is 0.00953. The van der Waals surface area contributed by atoms with Gasteiger partial charge >= 0.3 is 0 Å². The molecule has 0 bridgehead atoms. The summed E-state index contributed by atoms with van der Waals surface area (Å²) < 4.78 is 13.7. The molecule has 1 rings (SSSR count). The maximum Gasteiger partial charge on any atom is 0.129 e. The summed E-state index contributed by atoms with van der Waals surface area (Å²) in [7, 11) is 0. The van der Waals surface area contributed by atoms with Crippen molar-refractivity contribution in [2.24, 2.45) is 5.41 Å². The molecule has 0 aliphatic heterocycles. The fraction of sp³-hybridized carbons (Fsp3) is 0.600. The van der Waals surface area contributed by atoms with Crippen LogP contribution >= 0.6 is 0 Å². The van der Waals surface area contributed by atoms with E-state index < -0.39 is 5.60 Å². The minimum absolute atomic E-state index is 0.147. The van der Waals surface area contributed by atoms with Gasteiger partial charge in [-0.15, -0.1) is 0 Å². The summed E-state index contributed by atoms with van der Waals surface area (Å²) >= 11 is 0. The van der Waals surface area contributed by atoms with Gasteiger partial charge in [-0.05, 0) is 30.7 Å². The highest BCUT2D eigenvalue weighted by Crippen LogP contribution is 2.35. The quantitative estimate of drug-likeness (QED) is 0.831. The molecule has 17 heavy (non-hydrogen) atoms. The van der Waals surface area contributed by atoms with Crippen LogP contribution in [0.4, 0.5) is 4.39 Å². The number of hydrogen-bond donors (Lipinski definition) is 1. The van der Waals surface area contributed by atoms with Crippen molar-refractivity contribution in [2.75, 3.05) is 0 Å². The molecule has 1 aromatic rings. The Kier molecular flexibility index (Phi) is 4.31. The SMILES string of the molecule is CCC(O)(CCC(C)(C)C)c1ccccc1F. The third-order valence-electron chi connectivity index (χ3n) is 3.25. The van der Waals surface area contributed by atoms with Crippen LogP contribution in [-0.4, -0.2) is 5.11 Å². The lowest BCUT2D eigenvalue weighted by Gasteiger charge is -2.31. The van der Waals surface area contributed by atoms with Gasteiger partial charge in [0.1, 0.15) is 5.82 Å². The van der Waals surface area contributed by atoms with Gasteiger partial charge in [-0.1, -0.05) is 45.9 Å². The van der Waals surface area contributed by atoms with Gasteiger partial charge in [0.2, 0.25) is 0 Å². The summed E-state index contributed by atoms with van der Waals surface area (Å²) in [5.41, 5.74) is -0.473. The van der Waals surface area contributed by atoms with Crippen molar-refractivity contribution in [3.05, 3.63) is 35.6 Å². The van der Waals surface area contributed by atoms with E-state index in [1.165, 1.54) is 6.07 Å². The second-order valence-electron chi connectivity index (χ2n) is 5.93. The van der Waals surface area contributed by atoms with E-state index in [9.17, 15) is 9.50 Å². The minimum Gasteiger partial charge on any atom is -0.385 e. The van der Waals surface area contributed by atoms with Crippen molar-refractivity contribution in [3.8, 4) is 0 Å². The van der Waals surface area contributed by atoms with Crippen LogP contribution in [0, 0.1) is 11.2 Å². The second kappa shape index (κ2) is 5.18. The Balaban J connectivity index is 2.93. The molecular formula is C15H23FO. The molecular weight excluding hydrogens is 215 g/mol. The summed E-state index contributed by atoms with van der Waals surface area (Å²) in [6, 6.07) is 6.52. The fourth-order valence-corrected chi connectivity index (χ4v) is 1.92. The molecule has 0 saturated carbocycles. The number of rotatable bonds is 4. The maximum atomic E-state index is 13.7. The Hall–Kier alpha value is -0.890. The number of hydrogen-bond acceptors (Lipinski definition) is 1. The molecule has 1 aromatic carbocycles. The van der Waals surface area contributed by atoms with Crippen molar-refractivity contribution in [3.63, 3.8) is 0 Å². The predicted molar refractivity (Wildman–Crippen MR) is 69.3 cm³/mol. The summed E-state index contributed by atoms with van der Waals surface area (Å²) in [6.07, 6.45) is 1.99. The summed E-state index contributed by atoms with van der Waals surface area (Å²) in [6.45, 7) is 8.29. The highest BCUT2D eigenvalue weighted by molar-refractivity contribution is 5.24. The van der Waals surface area contributed by atoms with E-state index in [1.807, 2.05) is 6.92 Å². The minimum atomic E-state index is -1.04. The van der Waals surface area contributed by atoms with Crippen molar-refractivity contribution in [2.45, 2.75) is 52.6 Å². The van der Waals surface area contributed by atoms with Crippen LogP contribution in [-0.2, 0) is 5.60 Å². The highest BCUT2D eigenvalue weighted by Gasteiger charge is 2.31. The second-order valence-corrected chi connectivity index (χ2v) is 5.93. The van der Waals surface area contributed by atoms with Crippen LogP contribution < -0.4 is 0 Å². The molecule has 0 saturated heterocycles. The van der Waals surface area contributed by atoms with Crippen molar-refractivity contribution < 1.29 is 9.50 Å². The fourth-order valence-electron chi connectivity index (χ4n) is 1.92. The monoisotopic (exact) mass is 238 g/mol. The zero-order chi connectivity index (χ0) is 13.1. The smallest absolute Gasteiger partial charge is 0.129 e. The Labute approximate surface area is 104 Å². The maximum absolute atomic E-state index is 13.7. The van der Waals surface area contributed by atoms with E-state index in [-0.39, 0.29) is 11.2 Å². The predicted octanol–water partition coefficient (Wildman–Crippen LogP) is 4.25. The van der Waals surface area contributed by atoms with Gasteiger partial charge in [-0.3, -0.25) is 0 Å². The third-order valence-corrected chi connectivity index (χ3v) is 3.25. The first kappa shape index (κ1) is 14.2. The van der Waals surface area contributed by atoms with Gasteiger partial charge in [0.15, 0.2) is 0 Å². The van der Waals surface area contributed by atoms with Gasteiger partial charge in [0.05, 0.1) is 5.60 Å². The molecule has 0 aromatic heterocycles. The summed E-state index contributed by atoms with van der Waals surface area (Å²) in [4.78, 5) is 0. The largest absolute Gasteiger partial charge is 0.385 e. The van der Waals surface area contributed by atoms with Crippen LogP contribution in [0.1, 0.15) is 52.5 Å². The standard InChI is InChI=1S/C15H23FO/c1-5-15(17,11-10-14(2,3)4)12-8-6-7-9-13(12)16/h6-9,17H,5,10-11H2,1-4H3. The zero-order valence-electron chi connectivity index (χ0n) is 11.3. The molecule has 0 aliphatic carbocycles. The topological polar surface area (TPSA) is 20.2 Å². The summed E-state index contributed by atoms with van der Waals surface area (Å²) in [5.74, 6) is -0.314. The first-order valence-electron chi connectivity index (χ1n) is 6.26. The first-order chi connectivity index (χ1) is 7.78. The van der Waals surface area contributed by atoms with Gasteiger partial charge < -0.3 is 5.11 Å². The van der Waals surface area contributed by atoms with Crippen molar-refractivity contribution >= 4 is 0 Å². The normalized spacial score (nSPS) is 15.6. The van der Waals surface area contributed by atoms with Crippen LogP contribution in [0.3, 0.4) is 0 Å². The average Bonchev–Trinajstić information content (AvgIpc) is 2.26. The van der Waals surface area contributed by atoms with E-state index in [0.29, 0.717) is 18.4 Å². The lowest BCUT2D eigenvalue weighted by atomic mass is 9.80. The zero-order valence-corrected chi connectivity index (χ0v) is 11.3. The van der Waals surface area contributed by atoms with Gasteiger partial charge in [0.25, 0.3) is 0 Å². The molecule has 1 N–H and O–H groups in total. The Morgan fingerprint density at radius 1 is 1.12 bits per heavy atom. The van der Waals surface area contributed by atoms with Gasteiger partial charge in [0, 0.05) is 5.56 Å². The molecule has 0 amide bonds. The van der Waals surface area contributed by atoms with Gasteiger partial charge in [-0.2, -0.15) is 0 Å². The third kappa shape index (κ3) is 3.81. The molecule has 1 nitrogen and oxygen atoms in total. The highest BCUT2D eigenvalue weighted by atomic mass is 19.1. The van der Waals surface area contributed by atoms with Crippen molar-refractivity contribution in [1.29, 1.82) is 0 Å². The van der Waals surface area contributed by atoms with Crippen LogP contribution in [0.2, 0.25) is 0 Å². The molecule has 0 heterocycles. The molecule has 2 heteroatoms. The van der Waals surface area contributed by atoms with Crippen LogP contribution in [0.5, 0.6) is 0 Å². The Morgan fingerprint density at radius 2 is 1.71 bits per heavy atom. The molecule has 1 unspecified atom stereocenters. The van der Waals surface area contributed by atoms with Gasteiger partial charge in [-0.25, -0.2) is 4.39 Å². The van der Waals surface area contributed by atoms with E-state index in [2.05, 4.69) is 20.8 Å². The molecule has 0 spiro atoms. The van der Waals surface area contributed by atoms with E-state index in [0.717, 1.165) is 6.42 Å². The molecule has 0 radical (unpaired) electrons. The molecule has 96 valence electrons. The lowest BCUT2D eigenvalue weighted by Crippen LogP contribution is -2.27. The van der Waals surface area contributed by atoms with E-state index in [1.54, 1.807) is 18.2 Å². The number of halogens is 1. The molecule has 0 fully saturated rings. The number of aliphatic hydroxyl groups is 1. The van der Waals surface area contributed by atoms with Crippen LogP contribution in [0.15, 0.2) is 24.3 Å². The van der Waals surface area contributed by atoms with E-state index >= 15 is 0 Å². The average molecular weight is 238 g/mol. The van der Waals surface area contributed by atoms with Crippen LogP contribution in [0.25, 0.3) is 0 Å².